The van der Waals surface area contributed by atoms with Crippen molar-refractivity contribution in [3.05, 3.63) is 16.4 Å². The highest BCUT2D eigenvalue weighted by molar-refractivity contribution is 5.61. The normalized spacial score (nSPS) is 25.4. The van der Waals surface area contributed by atoms with Gasteiger partial charge in [-0.25, -0.2) is 4.98 Å². The van der Waals surface area contributed by atoms with Crippen molar-refractivity contribution >= 4 is 11.5 Å². The largest absolute Gasteiger partial charge is 0.469 e. The molecule has 21 heavy (non-hydrogen) atoms. The topological polar surface area (TPSA) is 90.2 Å². The molecule has 0 aromatic carbocycles. The third-order valence-electron chi connectivity index (χ3n) is 3.73. The number of nitrogens with one attached hydrogen (secondary N) is 1. The van der Waals surface area contributed by atoms with Gasteiger partial charge in [0.1, 0.15) is 12.4 Å². The van der Waals surface area contributed by atoms with E-state index in [4.69, 9.17) is 4.74 Å². The Morgan fingerprint density at radius 3 is 2.57 bits per heavy atom. The number of rotatable bonds is 5. The van der Waals surface area contributed by atoms with Crippen LogP contribution < -0.4 is 10.1 Å². The average molecular weight is 294 g/mol. The van der Waals surface area contributed by atoms with Crippen LogP contribution in [0.4, 0.5) is 11.5 Å². The van der Waals surface area contributed by atoms with E-state index in [0.717, 1.165) is 12.8 Å². The first-order chi connectivity index (χ1) is 10.0. The van der Waals surface area contributed by atoms with Crippen LogP contribution in [0.1, 0.15) is 40.0 Å². The molecule has 1 aromatic heterocycles. The van der Waals surface area contributed by atoms with Gasteiger partial charge in [0.25, 0.3) is 5.88 Å². The predicted octanol–water partition coefficient (Wildman–Crippen LogP) is 3.02. The third kappa shape index (κ3) is 3.80. The summed E-state index contributed by atoms with van der Waals surface area (Å²) in [6.45, 7) is 6.78. The van der Waals surface area contributed by atoms with Crippen LogP contribution in [0.3, 0.4) is 0 Å². The van der Waals surface area contributed by atoms with Crippen LogP contribution in [0, 0.1) is 22.0 Å². The zero-order valence-corrected chi connectivity index (χ0v) is 12.7. The number of ether oxygens (including phenoxy) is 1. The second-order valence-corrected chi connectivity index (χ2v) is 5.82. The van der Waals surface area contributed by atoms with Gasteiger partial charge in [0.2, 0.25) is 5.82 Å². The standard InChI is InChI=1S/C14H22N4O3/c1-4-15-13-12(18(19)20)14(17-8-16-13)21-11-6-9(2)5-10(3)7-11/h8-11H,4-7H2,1-3H3,(H,15,16,17). The highest BCUT2D eigenvalue weighted by atomic mass is 16.6. The lowest BCUT2D eigenvalue weighted by Gasteiger charge is -2.31. The molecule has 0 saturated heterocycles. The number of hydrogen-bond donors (Lipinski definition) is 1. The minimum Gasteiger partial charge on any atom is -0.469 e. The maximum atomic E-state index is 11.3. The molecule has 0 amide bonds. The molecule has 2 unspecified atom stereocenters. The van der Waals surface area contributed by atoms with Crippen LogP contribution in [0.25, 0.3) is 0 Å². The molecular weight excluding hydrogens is 272 g/mol. The lowest BCUT2D eigenvalue weighted by molar-refractivity contribution is -0.385. The fourth-order valence-electron chi connectivity index (χ4n) is 3.04. The van der Waals surface area contributed by atoms with Gasteiger partial charge in [0, 0.05) is 6.54 Å². The molecule has 0 aliphatic heterocycles. The minimum absolute atomic E-state index is 0.0215. The van der Waals surface area contributed by atoms with Gasteiger partial charge in [0.05, 0.1) is 4.92 Å². The monoisotopic (exact) mass is 294 g/mol. The van der Waals surface area contributed by atoms with Gasteiger partial charge in [-0.2, -0.15) is 4.98 Å². The van der Waals surface area contributed by atoms with E-state index >= 15 is 0 Å². The molecule has 0 radical (unpaired) electrons. The molecular formula is C14H22N4O3. The summed E-state index contributed by atoms with van der Waals surface area (Å²) in [6, 6.07) is 0. The number of nitro groups is 1. The first kappa shape index (κ1) is 15.5. The lowest BCUT2D eigenvalue weighted by Crippen LogP contribution is -2.29. The van der Waals surface area contributed by atoms with Crippen molar-refractivity contribution in [3.8, 4) is 5.88 Å². The van der Waals surface area contributed by atoms with Gasteiger partial charge in [-0.05, 0) is 38.0 Å². The molecule has 2 atom stereocenters. The van der Waals surface area contributed by atoms with E-state index in [1.807, 2.05) is 6.92 Å². The van der Waals surface area contributed by atoms with Crippen molar-refractivity contribution < 1.29 is 9.66 Å². The van der Waals surface area contributed by atoms with Crippen molar-refractivity contribution in [2.75, 3.05) is 11.9 Å². The van der Waals surface area contributed by atoms with Gasteiger partial charge in [-0.1, -0.05) is 13.8 Å². The maximum Gasteiger partial charge on any atom is 0.372 e. The summed E-state index contributed by atoms with van der Waals surface area (Å²) in [5, 5.41) is 14.2. The molecule has 1 heterocycles. The van der Waals surface area contributed by atoms with Crippen LogP contribution in [0.5, 0.6) is 5.88 Å². The second-order valence-electron chi connectivity index (χ2n) is 5.82. The van der Waals surface area contributed by atoms with Crippen LogP contribution in [-0.4, -0.2) is 27.5 Å². The molecule has 1 aliphatic rings. The smallest absolute Gasteiger partial charge is 0.372 e. The molecule has 1 aromatic rings. The molecule has 1 saturated carbocycles. The van der Waals surface area contributed by atoms with Crippen molar-refractivity contribution in [2.24, 2.45) is 11.8 Å². The summed E-state index contributed by atoms with van der Waals surface area (Å²) < 4.78 is 5.84. The Kier molecular flexibility index (Phi) is 4.93. The van der Waals surface area contributed by atoms with Crippen molar-refractivity contribution in [1.29, 1.82) is 0 Å². The maximum absolute atomic E-state index is 11.3. The van der Waals surface area contributed by atoms with E-state index in [-0.39, 0.29) is 23.5 Å². The molecule has 0 bridgehead atoms. The van der Waals surface area contributed by atoms with Crippen LogP contribution >= 0.6 is 0 Å². The van der Waals surface area contributed by atoms with Gasteiger partial charge in [0.15, 0.2) is 0 Å². The van der Waals surface area contributed by atoms with Crippen LogP contribution in [0.2, 0.25) is 0 Å². The van der Waals surface area contributed by atoms with Gasteiger partial charge in [-0.15, -0.1) is 0 Å². The first-order valence-electron chi connectivity index (χ1n) is 7.41. The Balaban J connectivity index is 2.22. The number of anilines is 1. The number of hydrogen-bond acceptors (Lipinski definition) is 6. The van der Waals surface area contributed by atoms with Gasteiger partial charge < -0.3 is 10.1 Å². The summed E-state index contributed by atoms with van der Waals surface area (Å²) in [7, 11) is 0. The highest BCUT2D eigenvalue weighted by Crippen LogP contribution is 2.35. The lowest BCUT2D eigenvalue weighted by atomic mass is 9.82. The number of nitrogens with zero attached hydrogens (tertiary/aromatic N) is 3. The molecule has 0 spiro atoms. The molecule has 7 heteroatoms. The third-order valence-corrected chi connectivity index (χ3v) is 3.73. The zero-order chi connectivity index (χ0) is 15.4. The van der Waals surface area contributed by atoms with E-state index in [0.29, 0.717) is 18.4 Å². The Morgan fingerprint density at radius 1 is 1.33 bits per heavy atom. The molecule has 1 N–H and O–H groups in total. The SMILES string of the molecule is CCNc1ncnc(OC2CC(C)CC(C)C2)c1[N+](=O)[O-]. The van der Waals surface area contributed by atoms with Crippen molar-refractivity contribution in [3.63, 3.8) is 0 Å². The summed E-state index contributed by atoms with van der Waals surface area (Å²) >= 11 is 0. The summed E-state index contributed by atoms with van der Waals surface area (Å²) in [5.41, 5.74) is -0.176. The fourth-order valence-corrected chi connectivity index (χ4v) is 3.04. The van der Waals surface area contributed by atoms with E-state index in [1.165, 1.54) is 12.7 Å². The molecule has 1 fully saturated rings. The second kappa shape index (κ2) is 6.69. The van der Waals surface area contributed by atoms with E-state index in [9.17, 15) is 10.1 Å². The van der Waals surface area contributed by atoms with Crippen molar-refractivity contribution in [1.82, 2.24) is 9.97 Å². The molecule has 2 rings (SSSR count). The Morgan fingerprint density at radius 2 is 2.00 bits per heavy atom. The van der Waals surface area contributed by atoms with Gasteiger partial charge in [-0.3, -0.25) is 10.1 Å². The quantitative estimate of drug-likeness (QED) is 0.663. The Labute approximate surface area is 124 Å². The van der Waals surface area contributed by atoms with E-state index in [2.05, 4.69) is 29.1 Å². The Hall–Kier alpha value is -1.92. The van der Waals surface area contributed by atoms with E-state index < -0.39 is 4.92 Å². The average Bonchev–Trinajstić information content (AvgIpc) is 2.37. The summed E-state index contributed by atoms with van der Waals surface area (Å²) in [4.78, 5) is 18.7. The number of aromatic nitrogens is 2. The molecule has 1 aliphatic carbocycles. The fraction of sp³-hybridized carbons (Fsp3) is 0.714. The minimum atomic E-state index is -0.483. The zero-order valence-electron chi connectivity index (χ0n) is 12.7. The summed E-state index contributed by atoms with van der Waals surface area (Å²) in [5.74, 6) is 1.41. The highest BCUT2D eigenvalue weighted by Gasteiger charge is 2.30. The Bertz CT molecular complexity index is 499. The summed E-state index contributed by atoms with van der Waals surface area (Å²) in [6.07, 6.45) is 4.26. The first-order valence-corrected chi connectivity index (χ1v) is 7.41. The van der Waals surface area contributed by atoms with E-state index in [1.54, 1.807) is 0 Å². The van der Waals surface area contributed by atoms with Crippen molar-refractivity contribution in [2.45, 2.75) is 46.1 Å². The van der Waals surface area contributed by atoms with Gasteiger partial charge >= 0.3 is 5.69 Å². The van der Waals surface area contributed by atoms with Crippen LogP contribution in [-0.2, 0) is 0 Å². The molecule has 116 valence electrons. The molecule has 7 nitrogen and oxygen atoms in total. The predicted molar refractivity (Wildman–Crippen MR) is 79.4 cm³/mol. The van der Waals surface area contributed by atoms with Crippen LogP contribution in [0.15, 0.2) is 6.33 Å².